The molecule has 23 heavy (non-hydrogen) atoms. The molecule has 1 aromatic heterocycles. The van der Waals surface area contributed by atoms with E-state index in [0.717, 1.165) is 38.4 Å². The third kappa shape index (κ3) is 5.96. The molecule has 1 saturated heterocycles. The number of allylic oxidation sites excluding steroid dienone is 1. The smallest absolute Gasteiger partial charge is 0.191 e. The summed E-state index contributed by atoms with van der Waals surface area (Å²) in [5.41, 5.74) is 0. The van der Waals surface area contributed by atoms with E-state index in [4.69, 9.17) is 0 Å². The van der Waals surface area contributed by atoms with E-state index in [9.17, 15) is 4.39 Å². The molecular formula is C16H25FIN5. The molecule has 1 unspecified atom stereocenters. The summed E-state index contributed by atoms with van der Waals surface area (Å²) < 4.78 is 13.8. The van der Waals surface area contributed by atoms with Crippen molar-refractivity contribution in [2.75, 3.05) is 31.6 Å². The number of anilines is 1. The first kappa shape index (κ1) is 19.7. The van der Waals surface area contributed by atoms with Crippen molar-refractivity contribution >= 4 is 35.8 Å². The van der Waals surface area contributed by atoms with E-state index in [2.05, 4.69) is 26.7 Å². The highest BCUT2D eigenvalue weighted by molar-refractivity contribution is 14.0. The number of rotatable bonds is 5. The molecule has 5 nitrogen and oxygen atoms in total. The van der Waals surface area contributed by atoms with E-state index >= 15 is 0 Å². The summed E-state index contributed by atoms with van der Waals surface area (Å²) in [4.78, 5) is 10.3. The third-order valence-electron chi connectivity index (χ3n) is 3.63. The van der Waals surface area contributed by atoms with Crippen molar-refractivity contribution in [3.63, 3.8) is 0 Å². The van der Waals surface area contributed by atoms with Gasteiger partial charge in [0.1, 0.15) is 0 Å². The Morgan fingerprint density at radius 3 is 3.09 bits per heavy atom. The summed E-state index contributed by atoms with van der Waals surface area (Å²) in [5.74, 6) is 0.956. The van der Waals surface area contributed by atoms with Crippen LogP contribution < -0.4 is 15.5 Å². The second-order valence-electron chi connectivity index (χ2n) is 5.24. The van der Waals surface area contributed by atoms with E-state index in [1.807, 2.05) is 17.9 Å². The average molecular weight is 433 g/mol. The summed E-state index contributed by atoms with van der Waals surface area (Å²) >= 11 is 0. The van der Waals surface area contributed by atoms with E-state index in [1.54, 1.807) is 19.3 Å². The van der Waals surface area contributed by atoms with Crippen LogP contribution in [0.25, 0.3) is 0 Å². The Labute approximate surface area is 154 Å². The molecule has 2 heterocycles. The van der Waals surface area contributed by atoms with Crippen molar-refractivity contribution in [1.29, 1.82) is 0 Å². The molecule has 7 heteroatoms. The van der Waals surface area contributed by atoms with Gasteiger partial charge in [-0.1, -0.05) is 12.2 Å². The first-order valence-electron chi connectivity index (χ1n) is 7.68. The number of nitrogens with one attached hydrogen (secondary N) is 2. The maximum Gasteiger partial charge on any atom is 0.191 e. The predicted octanol–water partition coefficient (Wildman–Crippen LogP) is 2.55. The van der Waals surface area contributed by atoms with Gasteiger partial charge in [-0.05, 0) is 31.9 Å². The number of hydrogen-bond donors (Lipinski definition) is 2. The van der Waals surface area contributed by atoms with Crippen LogP contribution >= 0.6 is 24.0 Å². The van der Waals surface area contributed by atoms with Gasteiger partial charge in [0.15, 0.2) is 17.6 Å². The van der Waals surface area contributed by atoms with Gasteiger partial charge < -0.3 is 15.5 Å². The van der Waals surface area contributed by atoms with Crippen LogP contribution in [0.5, 0.6) is 0 Å². The Morgan fingerprint density at radius 2 is 2.39 bits per heavy atom. The summed E-state index contributed by atoms with van der Waals surface area (Å²) in [6, 6.07) is 3.31. The standard InChI is InChI=1S/C16H24FN5.HI/c1-3-4-5-9-20-16(18-2)21-13-8-11-22(12-13)15-14(17)7-6-10-19-15;/h3-4,6-7,10,13H,5,8-9,11-12H2,1-2H3,(H2,18,20,21);1H/b4-3+;. The van der Waals surface area contributed by atoms with Gasteiger partial charge in [0.25, 0.3) is 0 Å². The molecule has 0 aliphatic carbocycles. The Balaban J connectivity index is 0.00000264. The zero-order valence-electron chi connectivity index (χ0n) is 13.6. The monoisotopic (exact) mass is 433 g/mol. The molecule has 1 fully saturated rings. The minimum Gasteiger partial charge on any atom is -0.356 e. The van der Waals surface area contributed by atoms with Gasteiger partial charge in [-0.15, -0.1) is 24.0 Å². The second-order valence-corrected chi connectivity index (χ2v) is 5.24. The maximum absolute atomic E-state index is 13.8. The van der Waals surface area contributed by atoms with Crippen LogP contribution in [0.15, 0.2) is 35.5 Å². The first-order valence-corrected chi connectivity index (χ1v) is 7.68. The van der Waals surface area contributed by atoms with Gasteiger partial charge in [0.2, 0.25) is 0 Å². The fourth-order valence-electron chi connectivity index (χ4n) is 2.51. The van der Waals surface area contributed by atoms with Gasteiger partial charge in [-0.25, -0.2) is 9.37 Å². The van der Waals surface area contributed by atoms with Crippen LogP contribution in [-0.4, -0.2) is 43.7 Å². The summed E-state index contributed by atoms with van der Waals surface area (Å²) in [5, 5.41) is 6.66. The lowest BCUT2D eigenvalue weighted by Gasteiger charge is -2.19. The molecule has 0 radical (unpaired) electrons. The fraction of sp³-hybridized carbons (Fsp3) is 0.500. The van der Waals surface area contributed by atoms with Crippen LogP contribution in [0, 0.1) is 5.82 Å². The first-order chi connectivity index (χ1) is 10.7. The molecule has 1 atom stereocenters. The van der Waals surface area contributed by atoms with Gasteiger partial charge in [-0.2, -0.15) is 0 Å². The Bertz CT molecular complexity index is 535. The van der Waals surface area contributed by atoms with Crippen molar-refractivity contribution in [1.82, 2.24) is 15.6 Å². The number of nitrogens with zero attached hydrogens (tertiary/aromatic N) is 3. The predicted molar refractivity (Wildman–Crippen MR) is 104 cm³/mol. The van der Waals surface area contributed by atoms with E-state index in [0.29, 0.717) is 5.82 Å². The minimum absolute atomic E-state index is 0. The second kappa shape index (κ2) is 10.4. The van der Waals surface area contributed by atoms with E-state index in [-0.39, 0.29) is 35.8 Å². The lowest BCUT2D eigenvalue weighted by atomic mass is 10.3. The minimum atomic E-state index is -0.267. The Hall–Kier alpha value is -1.38. The van der Waals surface area contributed by atoms with E-state index in [1.165, 1.54) is 6.07 Å². The highest BCUT2D eigenvalue weighted by Gasteiger charge is 2.25. The van der Waals surface area contributed by atoms with Gasteiger partial charge in [0, 0.05) is 38.9 Å². The highest BCUT2D eigenvalue weighted by atomic mass is 127. The van der Waals surface area contributed by atoms with Crippen molar-refractivity contribution in [3.8, 4) is 0 Å². The number of aliphatic imine (C=N–C) groups is 1. The molecule has 2 N–H and O–H groups in total. The molecule has 0 bridgehead atoms. The van der Waals surface area contributed by atoms with Crippen LogP contribution in [0.3, 0.4) is 0 Å². The van der Waals surface area contributed by atoms with E-state index < -0.39 is 0 Å². The largest absolute Gasteiger partial charge is 0.356 e. The number of pyridine rings is 1. The van der Waals surface area contributed by atoms with Crippen LogP contribution in [0.4, 0.5) is 10.2 Å². The summed E-state index contributed by atoms with van der Waals surface area (Å²) in [6.45, 7) is 4.37. The number of halogens is 2. The normalized spacial score (nSPS) is 18.1. The van der Waals surface area contributed by atoms with Gasteiger partial charge in [0.05, 0.1) is 0 Å². The van der Waals surface area contributed by atoms with Crippen LogP contribution in [0.2, 0.25) is 0 Å². The van der Waals surface area contributed by atoms with Gasteiger partial charge in [-0.3, -0.25) is 4.99 Å². The number of aromatic nitrogens is 1. The SMILES string of the molecule is C/C=C/CCNC(=NC)NC1CCN(c2ncccc2F)C1.I. The van der Waals surface area contributed by atoms with Crippen molar-refractivity contribution in [3.05, 3.63) is 36.3 Å². The Kier molecular flexibility index (Phi) is 8.90. The topological polar surface area (TPSA) is 52.6 Å². The average Bonchev–Trinajstić information content (AvgIpc) is 2.99. The third-order valence-corrected chi connectivity index (χ3v) is 3.63. The quantitative estimate of drug-likeness (QED) is 0.247. The maximum atomic E-state index is 13.8. The molecule has 0 aromatic carbocycles. The molecular weight excluding hydrogens is 408 g/mol. The number of hydrogen-bond acceptors (Lipinski definition) is 3. The fourth-order valence-corrected chi connectivity index (χ4v) is 2.51. The Morgan fingerprint density at radius 1 is 1.57 bits per heavy atom. The van der Waals surface area contributed by atoms with Crippen molar-refractivity contribution < 1.29 is 4.39 Å². The summed E-state index contributed by atoms with van der Waals surface area (Å²) in [6.07, 6.45) is 7.68. The molecule has 0 amide bonds. The molecule has 0 spiro atoms. The lowest BCUT2D eigenvalue weighted by Crippen LogP contribution is -2.44. The van der Waals surface area contributed by atoms with Gasteiger partial charge >= 0.3 is 0 Å². The zero-order chi connectivity index (χ0) is 15.8. The molecule has 1 aliphatic rings. The lowest BCUT2D eigenvalue weighted by molar-refractivity contribution is 0.612. The number of guanidine groups is 1. The van der Waals surface area contributed by atoms with Crippen LogP contribution in [0.1, 0.15) is 19.8 Å². The molecule has 1 aliphatic heterocycles. The zero-order valence-corrected chi connectivity index (χ0v) is 16.0. The molecule has 128 valence electrons. The highest BCUT2D eigenvalue weighted by Crippen LogP contribution is 2.20. The molecule has 1 aromatic rings. The van der Waals surface area contributed by atoms with Crippen molar-refractivity contribution in [2.24, 2.45) is 4.99 Å². The van der Waals surface area contributed by atoms with Crippen LogP contribution in [-0.2, 0) is 0 Å². The molecule has 2 rings (SSSR count). The summed E-state index contributed by atoms with van der Waals surface area (Å²) in [7, 11) is 1.76. The molecule has 0 saturated carbocycles. The van der Waals surface area contributed by atoms with Crippen molar-refractivity contribution in [2.45, 2.75) is 25.8 Å².